The van der Waals surface area contributed by atoms with E-state index < -0.39 is 10.0 Å². The Morgan fingerprint density at radius 1 is 1.25 bits per heavy atom. The first-order valence-corrected chi connectivity index (χ1v) is 6.06. The van der Waals surface area contributed by atoms with Crippen LogP contribution < -0.4 is 0 Å². The molecule has 1 saturated heterocycles. The van der Waals surface area contributed by atoms with Crippen molar-refractivity contribution in [3.8, 4) is 0 Å². The van der Waals surface area contributed by atoms with Gasteiger partial charge in [-0.25, -0.2) is 12.7 Å². The summed E-state index contributed by atoms with van der Waals surface area (Å²) in [6.07, 6.45) is 0. The van der Waals surface area contributed by atoms with Crippen molar-refractivity contribution in [3.63, 3.8) is 0 Å². The molecule has 1 rings (SSSR count). The number of hydrogen-bond donors (Lipinski definition) is 0. The van der Waals surface area contributed by atoms with Gasteiger partial charge >= 0.3 is 0 Å². The molecule has 0 aromatic carbocycles. The fraction of sp³-hybridized carbons (Fsp3) is 1.00. The van der Waals surface area contributed by atoms with Gasteiger partial charge in [0.1, 0.15) is 0 Å². The van der Waals surface area contributed by atoms with E-state index in [1.807, 2.05) is 0 Å². The van der Waals surface area contributed by atoms with Gasteiger partial charge in [-0.15, -0.1) is 0 Å². The lowest BCUT2D eigenvalue weighted by Crippen LogP contribution is -2.30. The Balaban J connectivity index is 2.70. The van der Waals surface area contributed by atoms with Crippen LogP contribution >= 0.6 is 0 Å². The molecule has 72 valence electrons. The first-order chi connectivity index (χ1) is 5.47. The summed E-state index contributed by atoms with van der Waals surface area (Å²) in [4.78, 5) is 0. The van der Waals surface area contributed by atoms with E-state index in [0.29, 0.717) is 24.9 Å². The molecule has 1 aliphatic rings. The Labute approximate surface area is 74.8 Å². The molecule has 0 amide bonds. The van der Waals surface area contributed by atoms with Gasteiger partial charge in [0.05, 0.1) is 5.75 Å². The number of sulfonamides is 1. The molecule has 1 heterocycles. The second-order valence-electron chi connectivity index (χ2n) is 3.67. The van der Waals surface area contributed by atoms with Crippen LogP contribution in [0.2, 0.25) is 0 Å². The number of hydrogen-bond acceptors (Lipinski definition) is 2. The molecule has 12 heavy (non-hydrogen) atoms. The van der Waals surface area contributed by atoms with Crippen molar-refractivity contribution in [1.29, 1.82) is 0 Å². The molecule has 4 heteroatoms. The largest absolute Gasteiger partial charge is 0.213 e. The van der Waals surface area contributed by atoms with E-state index in [4.69, 9.17) is 0 Å². The van der Waals surface area contributed by atoms with Crippen LogP contribution in [0.15, 0.2) is 0 Å². The Hall–Kier alpha value is -0.0900. The molecule has 0 bridgehead atoms. The highest BCUT2D eigenvalue weighted by atomic mass is 32.2. The van der Waals surface area contributed by atoms with Crippen LogP contribution in [-0.2, 0) is 10.0 Å². The summed E-state index contributed by atoms with van der Waals surface area (Å²) >= 11 is 0. The van der Waals surface area contributed by atoms with Gasteiger partial charge in [0.15, 0.2) is 0 Å². The fourth-order valence-corrected chi connectivity index (χ4v) is 2.78. The highest BCUT2D eigenvalue weighted by Gasteiger charge is 2.32. The topological polar surface area (TPSA) is 37.4 Å². The molecule has 0 aromatic rings. The van der Waals surface area contributed by atoms with E-state index in [9.17, 15) is 8.42 Å². The quantitative estimate of drug-likeness (QED) is 0.651. The molecule has 0 radical (unpaired) electrons. The molecule has 0 aromatic heterocycles. The van der Waals surface area contributed by atoms with Crippen LogP contribution in [0.25, 0.3) is 0 Å². The van der Waals surface area contributed by atoms with E-state index >= 15 is 0 Å². The van der Waals surface area contributed by atoms with Gasteiger partial charge in [0.25, 0.3) is 0 Å². The van der Waals surface area contributed by atoms with Crippen molar-refractivity contribution < 1.29 is 8.42 Å². The summed E-state index contributed by atoms with van der Waals surface area (Å²) in [7, 11) is -2.93. The van der Waals surface area contributed by atoms with Crippen LogP contribution in [0, 0.1) is 11.8 Å². The average Bonchev–Trinajstić information content (AvgIpc) is 2.33. The van der Waals surface area contributed by atoms with Crippen LogP contribution in [0.4, 0.5) is 0 Å². The summed E-state index contributed by atoms with van der Waals surface area (Å²) in [6.45, 7) is 7.32. The molecule has 0 aliphatic carbocycles. The van der Waals surface area contributed by atoms with Gasteiger partial charge in [-0.1, -0.05) is 13.8 Å². The van der Waals surface area contributed by atoms with Crippen LogP contribution in [0.5, 0.6) is 0 Å². The second kappa shape index (κ2) is 3.34. The maximum atomic E-state index is 11.4. The predicted molar refractivity (Wildman–Crippen MR) is 49.4 cm³/mol. The third-order valence-corrected chi connectivity index (χ3v) is 4.53. The van der Waals surface area contributed by atoms with Gasteiger partial charge in [-0.05, 0) is 18.8 Å². The minimum atomic E-state index is -2.93. The lowest BCUT2D eigenvalue weighted by Gasteiger charge is -2.13. The third-order valence-electron chi connectivity index (χ3n) is 2.71. The molecular weight excluding hydrogens is 174 g/mol. The molecular formula is C8H17NO2S. The van der Waals surface area contributed by atoms with Crippen molar-refractivity contribution in [2.45, 2.75) is 20.8 Å². The van der Waals surface area contributed by atoms with Gasteiger partial charge in [0.2, 0.25) is 10.0 Å². The lowest BCUT2D eigenvalue weighted by molar-refractivity contribution is 0.464. The molecule has 3 nitrogen and oxygen atoms in total. The van der Waals surface area contributed by atoms with E-state index in [1.54, 1.807) is 11.2 Å². The van der Waals surface area contributed by atoms with Gasteiger partial charge in [0, 0.05) is 13.1 Å². The van der Waals surface area contributed by atoms with Crippen molar-refractivity contribution in [2.24, 2.45) is 11.8 Å². The van der Waals surface area contributed by atoms with Crippen molar-refractivity contribution in [1.82, 2.24) is 4.31 Å². The Morgan fingerprint density at radius 3 is 2.00 bits per heavy atom. The minimum Gasteiger partial charge on any atom is -0.212 e. The molecule has 1 fully saturated rings. The maximum absolute atomic E-state index is 11.4. The smallest absolute Gasteiger partial charge is 0.212 e. The molecule has 0 saturated carbocycles. The third kappa shape index (κ3) is 1.80. The SMILES string of the molecule is CCS(=O)(=O)N1C[C@@H](C)[C@@H](C)C1. The van der Waals surface area contributed by atoms with Crippen molar-refractivity contribution >= 4 is 10.0 Å². The summed E-state index contributed by atoms with van der Waals surface area (Å²) in [5, 5.41) is 0. The van der Waals surface area contributed by atoms with E-state index in [-0.39, 0.29) is 5.75 Å². The van der Waals surface area contributed by atoms with Gasteiger partial charge in [-0.2, -0.15) is 0 Å². The zero-order valence-electron chi connectivity index (χ0n) is 7.95. The fourth-order valence-electron chi connectivity index (χ4n) is 1.49. The Kier molecular flexibility index (Phi) is 2.78. The highest BCUT2D eigenvalue weighted by molar-refractivity contribution is 7.89. The number of rotatable bonds is 2. The lowest BCUT2D eigenvalue weighted by atomic mass is 10.0. The summed E-state index contributed by atoms with van der Waals surface area (Å²) in [6, 6.07) is 0. The molecule has 0 unspecified atom stereocenters. The zero-order valence-corrected chi connectivity index (χ0v) is 8.76. The van der Waals surface area contributed by atoms with E-state index in [0.717, 1.165) is 0 Å². The van der Waals surface area contributed by atoms with Crippen LogP contribution in [0.3, 0.4) is 0 Å². The first-order valence-electron chi connectivity index (χ1n) is 4.45. The molecule has 1 aliphatic heterocycles. The summed E-state index contributed by atoms with van der Waals surface area (Å²) < 4.78 is 24.5. The summed E-state index contributed by atoms with van der Waals surface area (Å²) in [5.41, 5.74) is 0. The highest BCUT2D eigenvalue weighted by Crippen LogP contribution is 2.24. The maximum Gasteiger partial charge on any atom is 0.213 e. The standard InChI is InChI=1S/C8H17NO2S/c1-4-12(10,11)9-5-7(2)8(3)6-9/h7-8H,4-6H2,1-3H3/t7-,8+. The van der Waals surface area contributed by atoms with Crippen molar-refractivity contribution in [2.75, 3.05) is 18.8 Å². The van der Waals surface area contributed by atoms with Gasteiger partial charge < -0.3 is 0 Å². The number of nitrogens with zero attached hydrogens (tertiary/aromatic N) is 1. The molecule has 2 atom stereocenters. The van der Waals surface area contributed by atoms with Crippen LogP contribution in [0.1, 0.15) is 20.8 Å². The van der Waals surface area contributed by atoms with E-state index in [2.05, 4.69) is 13.8 Å². The van der Waals surface area contributed by atoms with Gasteiger partial charge in [-0.3, -0.25) is 0 Å². The normalized spacial score (nSPS) is 32.6. The monoisotopic (exact) mass is 191 g/mol. The molecule has 0 spiro atoms. The predicted octanol–water partition coefficient (Wildman–Crippen LogP) is 0.924. The van der Waals surface area contributed by atoms with E-state index in [1.165, 1.54) is 0 Å². The first kappa shape index (κ1) is 9.99. The Bertz CT molecular complexity index is 238. The van der Waals surface area contributed by atoms with Crippen molar-refractivity contribution in [3.05, 3.63) is 0 Å². The minimum absolute atomic E-state index is 0.229. The summed E-state index contributed by atoms with van der Waals surface area (Å²) in [5.74, 6) is 1.24. The average molecular weight is 191 g/mol. The zero-order chi connectivity index (χ0) is 9.35. The van der Waals surface area contributed by atoms with Crippen LogP contribution in [-0.4, -0.2) is 31.6 Å². The second-order valence-corrected chi connectivity index (χ2v) is 5.93. The molecule has 0 N–H and O–H groups in total. The Morgan fingerprint density at radius 2 is 1.67 bits per heavy atom.